The summed E-state index contributed by atoms with van der Waals surface area (Å²) in [6.07, 6.45) is 0. The summed E-state index contributed by atoms with van der Waals surface area (Å²) in [5.74, 6) is -1.27. The van der Waals surface area contributed by atoms with E-state index in [0.717, 1.165) is 4.57 Å². The normalized spacial score (nSPS) is 12.3. The summed E-state index contributed by atoms with van der Waals surface area (Å²) >= 11 is 0. The van der Waals surface area contributed by atoms with Gasteiger partial charge in [-0.15, -0.1) is 0 Å². The predicted molar refractivity (Wildman–Crippen MR) is 97.7 cm³/mol. The van der Waals surface area contributed by atoms with Gasteiger partial charge in [0.25, 0.3) is 5.56 Å². The van der Waals surface area contributed by atoms with E-state index in [-0.39, 0.29) is 5.92 Å². The summed E-state index contributed by atoms with van der Waals surface area (Å²) in [5.41, 5.74) is -0.383. The van der Waals surface area contributed by atoms with Crippen molar-refractivity contribution in [1.82, 2.24) is 9.55 Å². The summed E-state index contributed by atoms with van der Waals surface area (Å²) < 4.78 is 14.0. The van der Waals surface area contributed by atoms with Crippen LogP contribution in [0, 0.1) is 11.7 Å². The quantitative estimate of drug-likeness (QED) is 0.755. The maximum atomic E-state index is 13.0. The van der Waals surface area contributed by atoms with Crippen LogP contribution in [-0.2, 0) is 4.79 Å². The van der Waals surface area contributed by atoms with Crippen LogP contribution in [0.15, 0.2) is 58.1 Å². The van der Waals surface area contributed by atoms with Gasteiger partial charge in [-0.25, -0.2) is 13.8 Å². The average Bonchev–Trinajstić information content (AvgIpc) is 2.60. The molecule has 0 aliphatic rings. The molecule has 6 nitrogen and oxygen atoms in total. The number of rotatable bonds is 4. The summed E-state index contributed by atoms with van der Waals surface area (Å²) in [4.78, 5) is 40.7. The van der Waals surface area contributed by atoms with E-state index in [1.165, 1.54) is 24.3 Å². The smallest absolute Gasteiger partial charge is 0.324 e. The second-order valence-corrected chi connectivity index (χ2v) is 6.34. The number of carbonyl (C=O) groups is 1. The predicted octanol–water partition coefficient (Wildman–Crippen LogP) is 2.66. The lowest BCUT2D eigenvalue weighted by Crippen LogP contribution is -2.44. The van der Waals surface area contributed by atoms with Gasteiger partial charge in [-0.05, 0) is 42.3 Å². The minimum absolute atomic E-state index is 0.324. The topological polar surface area (TPSA) is 84.0 Å². The molecule has 0 aliphatic carbocycles. The van der Waals surface area contributed by atoms with E-state index in [4.69, 9.17) is 0 Å². The molecule has 0 bridgehead atoms. The van der Waals surface area contributed by atoms with Crippen molar-refractivity contribution in [1.29, 1.82) is 0 Å². The van der Waals surface area contributed by atoms with E-state index < -0.39 is 29.0 Å². The molecule has 0 aliphatic heterocycles. The standard InChI is InChI=1S/C19H18FN3O3/c1-11(2)16(17(24)21-13-9-7-12(20)8-10-13)23-18(25)14-5-3-4-6-15(14)22-19(23)26/h3-11,16H,1-2H3,(H,21,24)(H,22,26). The van der Waals surface area contributed by atoms with E-state index in [9.17, 15) is 18.8 Å². The molecule has 7 heteroatoms. The molecule has 0 radical (unpaired) electrons. The van der Waals surface area contributed by atoms with Crippen molar-refractivity contribution in [2.24, 2.45) is 5.92 Å². The third kappa shape index (κ3) is 3.28. The van der Waals surface area contributed by atoms with Crippen LogP contribution in [0.1, 0.15) is 19.9 Å². The number of hydrogen-bond acceptors (Lipinski definition) is 3. The van der Waals surface area contributed by atoms with Gasteiger partial charge in [0.15, 0.2) is 0 Å². The summed E-state index contributed by atoms with van der Waals surface area (Å²) in [7, 11) is 0. The van der Waals surface area contributed by atoms with Gasteiger partial charge in [0, 0.05) is 5.69 Å². The van der Waals surface area contributed by atoms with Crippen molar-refractivity contribution in [2.75, 3.05) is 5.32 Å². The fourth-order valence-corrected chi connectivity index (χ4v) is 2.90. The molecule has 1 unspecified atom stereocenters. The highest BCUT2D eigenvalue weighted by atomic mass is 19.1. The van der Waals surface area contributed by atoms with Crippen molar-refractivity contribution < 1.29 is 9.18 Å². The minimum atomic E-state index is -1.01. The third-order valence-corrected chi connectivity index (χ3v) is 4.13. The Labute approximate surface area is 148 Å². The van der Waals surface area contributed by atoms with Crippen molar-refractivity contribution in [3.05, 3.63) is 75.2 Å². The maximum absolute atomic E-state index is 13.0. The Bertz CT molecular complexity index is 1070. The van der Waals surface area contributed by atoms with Crippen LogP contribution in [0.5, 0.6) is 0 Å². The lowest BCUT2D eigenvalue weighted by Gasteiger charge is -2.22. The highest BCUT2D eigenvalue weighted by molar-refractivity contribution is 5.94. The Morgan fingerprint density at radius 3 is 2.38 bits per heavy atom. The molecule has 1 aromatic heterocycles. The molecule has 3 rings (SSSR count). The monoisotopic (exact) mass is 355 g/mol. The first-order chi connectivity index (χ1) is 12.4. The Kier molecular flexibility index (Phi) is 4.71. The number of para-hydroxylation sites is 1. The van der Waals surface area contributed by atoms with Crippen LogP contribution in [0.2, 0.25) is 0 Å². The lowest BCUT2D eigenvalue weighted by molar-refractivity contribution is -0.120. The number of carbonyl (C=O) groups excluding carboxylic acids is 1. The van der Waals surface area contributed by atoms with Gasteiger partial charge >= 0.3 is 5.69 Å². The first-order valence-corrected chi connectivity index (χ1v) is 8.18. The number of H-pyrrole nitrogens is 1. The third-order valence-electron chi connectivity index (χ3n) is 4.13. The SMILES string of the molecule is CC(C)C(C(=O)Nc1ccc(F)cc1)n1c(=O)[nH]c2ccccc2c1=O. The molecule has 0 fully saturated rings. The van der Waals surface area contributed by atoms with Gasteiger partial charge in [-0.3, -0.25) is 9.59 Å². The number of aromatic nitrogens is 2. The van der Waals surface area contributed by atoms with Gasteiger partial charge in [0.1, 0.15) is 11.9 Å². The number of fused-ring (bicyclic) bond motifs is 1. The second kappa shape index (κ2) is 6.95. The Hall–Kier alpha value is -3.22. The lowest BCUT2D eigenvalue weighted by atomic mass is 10.0. The number of halogens is 1. The molecule has 3 aromatic rings. The molecule has 1 amide bonds. The van der Waals surface area contributed by atoms with E-state index in [1.807, 2.05) is 0 Å². The van der Waals surface area contributed by atoms with Crippen LogP contribution < -0.4 is 16.6 Å². The minimum Gasteiger partial charge on any atom is -0.324 e. The van der Waals surface area contributed by atoms with Crippen LogP contribution >= 0.6 is 0 Å². The molecule has 0 saturated heterocycles. The Morgan fingerprint density at radius 1 is 1.08 bits per heavy atom. The van der Waals surface area contributed by atoms with Crippen LogP contribution in [0.25, 0.3) is 10.9 Å². The largest absolute Gasteiger partial charge is 0.329 e. The molecule has 0 spiro atoms. The zero-order valence-corrected chi connectivity index (χ0v) is 14.3. The van der Waals surface area contributed by atoms with Gasteiger partial charge in [0.2, 0.25) is 5.91 Å². The summed E-state index contributed by atoms with van der Waals surface area (Å²) in [6, 6.07) is 10.9. The van der Waals surface area contributed by atoms with Crippen LogP contribution in [0.4, 0.5) is 10.1 Å². The van der Waals surface area contributed by atoms with Gasteiger partial charge < -0.3 is 10.3 Å². The highest BCUT2D eigenvalue weighted by Crippen LogP contribution is 2.18. The zero-order chi connectivity index (χ0) is 18.8. The van der Waals surface area contributed by atoms with Crippen molar-refractivity contribution in [3.8, 4) is 0 Å². The fraction of sp³-hybridized carbons (Fsp3) is 0.211. The number of anilines is 1. The fourth-order valence-electron chi connectivity index (χ4n) is 2.90. The first-order valence-electron chi connectivity index (χ1n) is 8.18. The van der Waals surface area contributed by atoms with Gasteiger partial charge in [-0.2, -0.15) is 0 Å². The second-order valence-electron chi connectivity index (χ2n) is 6.34. The maximum Gasteiger partial charge on any atom is 0.329 e. The number of hydrogen-bond donors (Lipinski definition) is 2. The first kappa shape index (κ1) is 17.6. The molecule has 1 atom stereocenters. The number of amides is 1. The number of nitrogens with one attached hydrogen (secondary N) is 2. The molecule has 2 N–H and O–H groups in total. The molecule has 26 heavy (non-hydrogen) atoms. The van der Waals surface area contributed by atoms with Gasteiger partial charge in [-0.1, -0.05) is 26.0 Å². The molecule has 0 saturated carbocycles. The molecule has 1 heterocycles. The molecule has 2 aromatic carbocycles. The number of nitrogens with zero attached hydrogens (tertiary/aromatic N) is 1. The van der Waals surface area contributed by atoms with E-state index in [2.05, 4.69) is 10.3 Å². The van der Waals surface area contributed by atoms with Crippen LogP contribution in [0.3, 0.4) is 0 Å². The molecular weight excluding hydrogens is 337 g/mol. The molecular formula is C19H18FN3O3. The number of benzene rings is 2. The van der Waals surface area contributed by atoms with Crippen molar-refractivity contribution in [3.63, 3.8) is 0 Å². The molecule has 134 valence electrons. The van der Waals surface area contributed by atoms with E-state index in [1.54, 1.807) is 38.1 Å². The number of aromatic amines is 1. The zero-order valence-electron chi connectivity index (χ0n) is 14.3. The summed E-state index contributed by atoms with van der Waals surface area (Å²) in [6.45, 7) is 3.49. The average molecular weight is 355 g/mol. The highest BCUT2D eigenvalue weighted by Gasteiger charge is 2.28. The Morgan fingerprint density at radius 2 is 1.73 bits per heavy atom. The van der Waals surface area contributed by atoms with Gasteiger partial charge in [0.05, 0.1) is 10.9 Å². The van der Waals surface area contributed by atoms with Crippen molar-refractivity contribution in [2.45, 2.75) is 19.9 Å². The van der Waals surface area contributed by atoms with E-state index >= 15 is 0 Å². The van der Waals surface area contributed by atoms with Crippen LogP contribution in [-0.4, -0.2) is 15.5 Å². The Balaban J connectivity index is 2.07. The van der Waals surface area contributed by atoms with E-state index in [0.29, 0.717) is 16.6 Å². The van der Waals surface area contributed by atoms with Crippen molar-refractivity contribution >= 4 is 22.5 Å². The summed E-state index contributed by atoms with van der Waals surface area (Å²) in [5, 5.41) is 2.96.